The molecule has 28 heavy (non-hydrogen) atoms. The molecule has 2 heterocycles. The molecule has 1 amide bonds. The van der Waals surface area contributed by atoms with E-state index in [0.717, 1.165) is 43.0 Å². The Kier molecular flexibility index (Phi) is 5.42. The van der Waals surface area contributed by atoms with Gasteiger partial charge in [-0.3, -0.25) is 4.79 Å². The number of hydrogen-bond acceptors (Lipinski definition) is 4. The van der Waals surface area contributed by atoms with Crippen molar-refractivity contribution in [2.24, 2.45) is 0 Å². The van der Waals surface area contributed by atoms with Crippen molar-refractivity contribution in [3.8, 4) is 11.3 Å². The van der Waals surface area contributed by atoms with E-state index in [2.05, 4.69) is 53.4 Å². The molecular weight excluding hydrogens is 350 g/mol. The molecule has 3 aromatic rings. The van der Waals surface area contributed by atoms with Crippen LogP contribution in [0, 0.1) is 6.92 Å². The Bertz CT molecular complexity index is 911. The van der Waals surface area contributed by atoms with E-state index in [1.165, 1.54) is 11.3 Å². The van der Waals surface area contributed by atoms with Crippen LogP contribution >= 0.6 is 0 Å². The lowest BCUT2D eigenvalue weighted by atomic mass is 10.0. The molecule has 0 saturated carbocycles. The van der Waals surface area contributed by atoms with Crippen molar-refractivity contribution in [2.75, 3.05) is 31.1 Å². The lowest BCUT2D eigenvalue weighted by Gasteiger charge is -2.36. The van der Waals surface area contributed by atoms with Gasteiger partial charge in [0, 0.05) is 49.4 Å². The average Bonchev–Trinajstić information content (AvgIpc) is 3.22. The molecule has 0 spiro atoms. The number of para-hydroxylation sites is 1. The molecule has 144 valence electrons. The van der Waals surface area contributed by atoms with Gasteiger partial charge in [-0.15, -0.1) is 0 Å². The number of rotatable bonds is 5. The number of aryl methyl sites for hydroxylation is 2. The summed E-state index contributed by atoms with van der Waals surface area (Å²) >= 11 is 0. The number of hydrogen-bond donors (Lipinski definition) is 0. The van der Waals surface area contributed by atoms with Crippen molar-refractivity contribution in [3.63, 3.8) is 0 Å². The van der Waals surface area contributed by atoms with Gasteiger partial charge in [0.25, 0.3) is 0 Å². The van der Waals surface area contributed by atoms with Crippen molar-refractivity contribution >= 4 is 11.6 Å². The van der Waals surface area contributed by atoms with E-state index >= 15 is 0 Å². The van der Waals surface area contributed by atoms with Crippen LogP contribution in [-0.4, -0.2) is 42.1 Å². The summed E-state index contributed by atoms with van der Waals surface area (Å²) in [7, 11) is 0. The fourth-order valence-corrected chi connectivity index (χ4v) is 3.64. The highest BCUT2D eigenvalue weighted by Gasteiger charge is 2.21. The van der Waals surface area contributed by atoms with Gasteiger partial charge in [-0.25, -0.2) is 0 Å². The molecule has 1 aromatic heterocycles. The zero-order valence-electron chi connectivity index (χ0n) is 16.2. The number of carbonyl (C=O) groups is 1. The quantitative estimate of drug-likeness (QED) is 0.678. The fraction of sp³-hybridized carbons (Fsp3) is 0.304. The standard InChI is InChI=1S/C23H25N3O2/c1-18-7-9-19(10-8-18)23-20(17-28-24-23)11-12-22(27)26-15-13-25(14-16-26)21-5-3-2-4-6-21/h2-10,17H,11-16H2,1H3. The SMILES string of the molecule is Cc1ccc(-c2nocc2CCC(=O)N2CCN(c3ccccc3)CC2)cc1. The maximum Gasteiger partial charge on any atom is 0.223 e. The first-order valence-electron chi connectivity index (χ1n) is 9.79. The van der Waals surface area contributed by atoms with E-state index in [-0.39, 0.29) is 5.91 Å². The molecular formula is C23H25N3O2. The van der Waals surface area contributed by atoms with Gasteiger partial charge >= 0.3 is 0 Å². The zero-order valence-corrected chi connectivity index (χ0v) is 16.2. The van der Waals surface area contributed by atoms with Gasteiger partial charge in [-0.05, 0) is 25.5 Å². The summed E-state index contributed by atoms with van der Waals surface area (Å²) in [6.45, 7) is 5.34. The number of nitrogens with zero attached hydrogens (tertiary/aromatic N) is 3. The predicted molar refractivity (Wildman–Crippen MR) is 110 cm³/mol. The lowest BCUT2D eigenvalue weighted by Crippen LogP contribution is -2.48. The first-order valence-corrected chi connectivity index (χ1v) is 9.79. The normalized spacial score (nSPS) is 14.3. The monoisotopic (exact) mass is 375 g/mol. The van der Waals surface area contributed by atoms with E-state index in [4.69, 9.17) is 4.52 Å². The molecule has 1 aliphatic rings. The van der Waals surface area contributed by atoms with Gasteiger partial charge in [0.05, 0.1) is 0 Å². The predicted octanol–water partition coefficient (Wildman–Crippen LogP) is 3.93. The second-order valence-electron chi connectivity index (χ2n) is 7.26. The Morgan fingerprint density at radius 2 is 1.71 bits per heavy atom. The molecule has 5 nitrogen and oxygen atoms in total. The van der Waals surface area contributed by atoms with Crippen molar-refractivity contribution in [1.82, 2.24) is 10.1 Å². The van der Waals surface area contributed by atoms with Crippen LogP contribution in [0.15, 0.2) is 65.4 Å². The smallest absolute Gasteiger partial charge is 0.223 e. The van der Waals surface area contributed by atoms with Crippen molar-refractivity contribution in [1.29, 1.82) is 0 Å². The molecule has 0 atom stereocenters. The number of amides is 1. The molecule has 1 fully saturated rings. The minimum atomic E-state index is 0.198. The maximum absolute atomic E-state index is 12.7. The van der Waals surface area contributed by atoms with Crippen LogP contribution in [0.5, 0.6) is 0 Å². The van der Waals surface area contributed by atoms with Crippen LogP contribution in [-0.2, 0) is 11.2 Å². The van der Waals surface area contributed by atoms with E-state index in [9.17, 15) is 4.79 Å². The molecule has 4 rings (SSSR count). The van der Waals surface area contributed by atoms with Crippen LogP contribution in [0.3, 0.4) is 0 Å². The van der Waals surface area contributed by atoms with E-state index < -0.39 is 0 Å². The van der Waals surface area contributed by atoms with Gasteiger partial charge in [-0.2, -0.15) is 0 Å². The Balaban J connectivity index is 1.32. The topological polar surface area (TPSA) is 49.6 Å². The van der Waals surface area contributed by atoms with Crippen LogP contribution in [0.1, 0.15) is 17.5 Å². The summed E-state index contributed by atoms with van der Waals surface area (Å²) < 4.78 is 5.19. The Labute approximate surface area is 165 Å². The van der Waals surface area contributed by atoms with Crippen molar-refractivity contribution in [2.45, 2.75) is 19.8 Å². The third kappa shape index (κ3) is 4.09. The molecule has 0 unspecified atom stereocenters. The summed E-state index contributed by atoms with van der Waals surface area (Å²) in [6.07, 6.45) is 2.78. The summed E-state index contributed by atoms with van der Waals surface area (Å²) in [5.41, 5.74) is 5.28. The molecule has 0 bridgehead atoms. The van der Waals surface area contributed by atoms with E-state index in [1.54, 1.807) is 6.26 Å². The summed E-state index contributed by atoms with van der Waals surface area (Å²) in [5, 5.41) is 4.14. The highest BCUT2D eigenvalue weighted by molar-refractivity contribution is 5.77. The molecule has 1 aliphatic heterocycles. The average molecular weight is 375 g/mol. The Morgan fingerprint density at radius 1 is 1.00 bits per heavy atom. The number of aromatic nitrogens is 1. The lowest BCUT2D eigenvalue weighted by molar-refractivity contribution is -0.131. The van der Waals surface area contributed by atoms with Gasteiger partial charge < -0.3 is 14.3 Å². The minimum absolute atomic E-state index is 0.198. The maximum atomic E-state index is 12.7. The number of piperazine rings is 1. The van der Waals surface area contributed by atoms with Crippen LogP contribution in [0.4, 0.5) is 5.69 Å². The highest BCUT2D eigenvalue weighted by Crippen LogP contribution is 2.24. The molecule has 2 aromatic carbocycles. The van der Waals surface area contributed by atoms with Crippen molar-refractivity contribution < 1.29 is 9.32 Å². The summed E-state index contributed by atoms with van der Waals surface area (Å²) in [5.74, 6) is 0.198. The largest absolute Gasteiger partial charge is 0.368 e. The number of benzene rings is 2. The second-order valence-corrected chi connectivity index (χ2v) is 7.26. The molecule has 5 heteroatoms. The Hall–Kier alpha value is -3.08. The molecule has 0 aliphatic carbocycles. The first kappa shape index (κ1) is 18.3. The third-order valence-corrected chi connectivity index (χ3v) is 5.33. The number of anilines is 1. The Morgan fingerprint density at radius 3 is 2.43 bits per heavy atom. The molecule has 0 radical (unpaired) electrons. The van der Waals surface area contributed by atoms with Gasteiger partial charge in [0.15, 0.2) is 0 Å². The van der Waals surface area contributed by atoms with Crippen molar-refractivity contribution in [3.05, 3.63) is 72.0 Å². The summed E-state index contributed by atoms with van der Waals surface area (Å²) in [6, 6.07) is 18.6. The molecule has 1 saturated heterocycles. The van der Waals surface area contributed by atoms with Crippen LogP contribution in [0.25, 0.3) is 11.3 Å². The second kappa shape index (κ2) is 8.30. The van der Waals surface area contributed by atoms with Gasteiger partial charge in [0.2, 0.25) is 5.91 Å². The van der Waals surface area contributed by atoms with E-state index in [0.29, 0.717) is 12.8 Å². The minimum Gasteiger partial charge on any atom is -0.368 e. The first-order chi connectivity index (χ1) is 13.7. The molecule has 0 N–H and O–H groups in total. The fourth-order valence-electron chi connectivity index (χ4n) is 3.64. The third-order valence-electron chi connectivity index (χ3n) is 5.33. The summed E-state index contributed by atoms with van der Waals surface area (Å²) in [4.78, 5) is 17.0. The zero-order chi connectivity index (χ0) is 19.3. The van der Waals surface area contributed by atoms with E-state index in [1.807, 2.05) is 23.1 Å². The van der Waals surface area contributed by atoms with Crippen LogP contribution in [0.2, 0.25) is 0 Å². The highest BCUT2D eigenvalue weighted by atomic mass is 16.5. The van der Waals surface area contributed by atoms with Gasteiger partial charge in [0.1, 0.15) is 12.0 Å². The van der Waals surface area contributed by atoms with Crippen LogP contribution < -0.4 is 4.90 Å². The van der Waals surface area contributed by atoms with Gasteiger partial charge in [-0.1, -0.05) is 53.2 Å². The number of carbonyl (C=O) groups excluding carboxylic acids is 1.